The summed E-state index contributed by atoms with van der Waals surface area (Å²) < 4.78 is 7.94. The van der Waals surface area contributed by atoms with E-state index in [0.717, 1.165) is 11.3 Å². The largest absolute Gasteiger partial charge is 0.489 e. The molecule has 0 amide bonds. The molecule has 1 heterocycles. The number of hydrogen-bond donors (Lipinski definition) is 0. The first-order valence-electron chi connectivity index (χ1n) is 10.3. The Labute approximate surface area is 210 Å². The van der Waals surface area contributed by atoms with Gasteiger partial charge in [0, 0.05) is 31.8 Å². The highest BCUT2D eigenvalue weighted by Crippen LogP contribution is 2.40. The quantitative estimate of drug-likeness (QED) is 0.142. The average molecular weight is 515 g/mol. The molecule has 0 aliphatic carbocycles. The lowest BCUT2D eigenvalue weighted by atomic mass is 10.1. The summed E-state index contributed by atoms with van der Waals surface area (Å²) in [6, 6.07) is 22.1. The van der Waals surface area contributed by atoms with Gasteiger partial charge in [0.05, 0.1) is 0 Å². The molecule has 4 aromatic rings. The molecule has 0 bridgehead atoms. The van der Waals surface area contributed by atoms with E-state index in [1.54, 1.807) is 24.3 Å². The minimum atomic E-state index is -0.557. The first-order valence-corrected chi connectivity index (χ1v) is 12.0. The molecule has 34 heavy (non-hydrogen) atoms. The highest BCUT2D eigenvalue weighted by Gasteiger charge is 2.26. The SMILES string of the molecule is Cc1nnc(SC(C[N+](=O)[O-])c2ccccc2OCc2ccc(Cl)cc2Cl)n1-c1ccccc1. The van der Waals surface area contributed by atoms with Crippen LogP contribution < -0.4 is 4.74 Å². The molecular weight excluding hydrogens is 495 g/mol. The summed E-state index contributed by atoms with van der Waals surface area (Å²) in [6.45, 7) is 1.73. The van der Waals surface area contributed by atoms with Crippen LogP contribution in [0.1, 0.15) is 22.2 Å². The number of para-hydroxylation sites is 2. The Bertz CT molecular complexity index is 1300. The van der Waals surface area contributed by atoms with Crippen LogP contribution in [0.3, 0.4) is 0 Å². The van der Waals surface area contributed by atoms with Crippen molar-refractivity contribution in [1.29, 1.82) is 0 Å². The van der Waals surface area contributed by atoms with E-state index in [1.807, 2.05) is 60.0 Å². The molecule has 10 heteroatoms. The molecule has 0 saturated carbocycles. The number of aryl methyl sites for hydroxylation is 1. The lowest BCUT2D eigenvalue weighted by molar-refractivity contribution is -0.479. The summed E-state index contributed by atoms with van der Waals surface area (Å²) in [5.74, 6) is 1.23. The van der Waals surface area contributed by atoms with Gasteiger partial charge >= 0.3 is 0 Å². The van der Waals surface area contributed by atoms with Crippen molar-refractivity contribution in [3.63, 3.8) is 0 Å². The predicted molar refractivity (Wildman–Crippen MR) is 134 cm³/mol. The van der Waals surface area contributed by atoms with Crippen LogP contribution in [0.15, 0.2) is 78.0 Å². The lowest BCUT2D eigenvalue weighted by Gasteiger charge is -2.18. The van der Waals surface area contributed by atoms with Gasteiger partial charge in [-0.2, -0.15) is 0 Å². The maximum absolute atomic E-state index is 11.6. The van der Waals surface area contributed by atoms with Crippen LogP contribution in [0.25, 0.3) is 5.69 Å². The molecule has 4 rings (SSSR count). The second-order valence-electron chi connectivity index (χ2n) is 7.38. The highest BCUT2D eigenvalue weighted by atomic mass is 35.5. The Hall–Kier alpha value is -3.07. The third-order valence-electron chi connectivity index (χ3n) is 5.04. The van der Waals surface area contributed by atoms with Crippen molar-refractivity contribution in [2.24, 2.45) is 0 Å². The van der Waals surface area contributed by atoms with Gasteiger partial charge < -0.3 is 4.74 Å². The molecule has 0 N–H and O–H groups in total. The summed E-state index contributed by atoms with van der Waals surface area (Å²) in [4.78, 5) is 11.2. The summed E-state index contributed by atoms with van der Waals surface area (Å²) in [5.41, 5.74) is 2.34. The normalized spacial score (nSPS) is 11.9. The van der Waals surface area contributed by atoms with Gasteiger partial charge in [-0.15, -0.1) is 10.2 Å². The Morgan fingerprint density at radius 3 is 2.53 bits per heavy atom. The smallest absolute Gasteiger partial charge is 0.220 e. The van der Waals surface area contributed by atoms with E-state index in [0.29, 0.717) is 32.3 Å². The molecule has 7 nitrogen and oxygen atoms in total. The van der Waals surface area contributed by atoms with E-state index < -0.39 is 5.25 Å². The fourth-order valence-corrected chi connectivity index (χ4v) is 5.09. The molecule has 1 unspecified atom stereocenters. The number of ether oxygens (including phenoxy) is 1. The van der Waals surface area contributed by atoms with Crippen molar-refractivity contribution in [2.45, 2.75) is 23.9 Å². The monoisotopic (exact) mass is 514 g/mol. The van der Waals surface area contributed by atoms with Crippen molar-refractivity contribution in [3.05, 3.63) is 110 Å². The summed E-state index contributed by atoms with van der Waals surface area (Å²) in [5, 5.41) is 21.1. The minimum Gasteiger partial charge on any atom is -0.489 e. The second-order valence-corrected chi connectivity index (χ2v) is 9.40. The molecular formula is C24H20Cl2N4O3S. The van der Waals surface area contributed by atoms with Gasteiger partial charge in [-0.25, -0.2) is 0 Å². The van der Waals surface area contributed by atoms with Crippen LogP contribution in [0.4, 0.5) is 0 Å². The Morgan fingerprint density at radius 2 is 1.79 bits per heavy atom. The second kappa shape index (κ2) is 10.9. The van der Waals surface area contributed by atoms with Gasteiger partial charge in [0.25, 0.3) is 0 Å². The molecule has 174 valence electrons. The first-order chi connectivity index (χ1) is 16.4. The standard InChI is InChI=1S/C24H20Cl2N4O3S/c1-16-27-28-24(30(16)19-7-3-2-4-8-19)34-23(14-29(31)32)20-9-5-6-10-22(20)33-15-17-11-12-18(25)13-21(17)26/h2-13,23H,14-15H2,1H3. The predicted octanol–water partition coefficient (Wildman–Crippen LogP) is 6.57. The Kier molecular flexibility index (Phi) is 7.72. The van der Waals surface area contributed by atoms with Crippen LogP contribution in [0.2, 0.25) is 10.0 Å². The fourth-order valence-electron chi connectivity index (χ4n) is 3.43. The van der Waals surface area contributed by atoms with Gasteiger partial charge in [-0.1, -0.05) is 77.4 Å². The zero-order valence-electron chi connectivity index (χ0n) is 18.1. The number of halogens is 2. The maximum Gasteiger partial charge on any atom is 0.220 e. The van der Waals surface area contributed by atoms with Gasteiger partial charge in [0.1, 0.15) is 23.4 Å². The molecule has 1 aromatic heterocycles. The number of nitro groups is 1. The molecule has 0 fully saturated rings. The topological polar surface area (TPSA) is 83.1 Å². The third kappa shape index (κ3) is 5.70. The molecule has 1 atom stereocenters. The Morgan fingerprint density at radius 1 is 1.06 bits per heavy atom. The highest BCUT2D eigenvalue weighted by molar-refractivity contribution is 7.99. The lowest BCUT2D eigenvalue weighted by Crippen LogP contribution is -2.12. The van der Waals surface area contributed by atoms with E-state index in [-0.39, 0.29) is 18.1 Å². The summed E-state index contributed by atoms with van der Waals surface area (Å²) in [7, 11) is 0. The van der Waals surface area contributed by atoms with Crippen molar-refractivity contribution in [2.75, 3.05) is 6.54 Å². The Balaban J connectivity index is 1.64. The van der Waals surface area contributed by atoms with Gasteiger partial charge in [-0.3, -0.25) is 14.7 Å². The molecule has 0 aliphatic heterocycles. The van der Waals surface area contributed by atoms with Gasteiger partial charge in [0.15, 0.2) is 5.16 Å². The summed E-state index contributed by atoms with van der Waals surface area (Å²) >= 11 is 13.5. The zero-order chi connectivity index (χ0) is 24.1. The van der Waals surface area contributed by atoms with Gasteiger partial charge in [0.2, 0.25) is 6.54 Å². The number of thioether (sulfide) groups is 1. The van der Waals surface area contributed by atoms with Crippen LogP contribution in [0, 0.1) is 17.0 Å². The third-order valence-corrected chi connectivity index (χ3v) is 6.79. The van der Waals surface area contributed by atoms with Crippen molar-refractivity contribution < 1.29 is 9.66 Å². The van der Waals surface area contributed by atoms with E-state index in [4.69, 9.17) is 27.9 Å². The minimum absolute atomic E-state index is 0.197. The van der Waals surface area contributed by atoms with Crippen LogP contribution in [-0.4, -0.2) is 26.2 Å². The van der Waals surface area contributed by atoms with Crippen LogP contribution in [0.5, 0.6) is 5.75 Å². The number of hydrogen-bond acceptors (Lipinski definition) is 6. The number of benzene rings is 3. The van der Waals surface area contributed by atoms with Crippen molar-refractivity contribution in [1.82, 2.24) is 14.8 Å². The fraction of sp³-hybridized carbons (Fsp3) is 0.167. The van der Waals surface area contributed by atoms with E-state index in [2.05, 4.69) is 10.2 Å². The molecule has 0 spiro atoms. The first kappa shape index (κ1) is 24.1. The number of aromatic nitrogens is 3. The molecule has 0 radical (unpaired) electrons. The van der Waals surface area contributed by atoms with Crippen LogP contribution in [-0.2, 0) is 6.61 Å². The zero-order valence-corrected chi connectivity index (χ0v) is 20.4. The van der Waals surface area contributed by atoms with E-state index >= 15 is 0 Å². The maximum atomic E-state index is 11.6. The number of nitrogens with zero attached hydrogens (tertiary/aromatic N) is 4. The number of rotatable bonds is 9. The summed E-state index contributed by atoms with van der Waals surface area (Å²) in [6.07, 6.45) is 0. The molecule has 0 aliphatic rings. The van der Waals surface area contributed by atoms with Crippen molar-refractivity contribution >= 4 is 35.0 Å². The van der Waals surface area contributed by atoms with Crippen molar-refractivity contribution in [3.8, 4) is 11.4 Å². The molecule has 3 aromatic carbocycles. The average Bonchev–Trinajstić information content (AvgIpc) is 3.18. The van der Waals surface area contributed by atoms with E-state index in [9.17, 15) is 10.1 Å². The van der Waals surface area contributed by atoms with Gasteiger partial charge in [-0.05, 0) is 37.3 Å². The van der Waals surface area contributed by atoms with E-state index in [1.165, 1.54) is 11.8 Å². The van der Waals surface area contributed by atoms with Crippen LogP contribution >= 0.6 is 35.0 Å². The molecule has 0 saturated heterocycles.